The molecule has 1 aromatic carbocycles. The molecule has 0 radical (unpaired) electrons. The van der Waals surface area contributed by atoms with Crippen molar-refractivity contribution < 1.29 is 13.6 Å². The molecular weight excluding hydrogens is 444 g/mol. The number of imidazole rings is 1. The van der Waals surface area contributed by atoms with Gasteiger partial charge in [-0.2, -0.15) is 0 Å². The monoisotopic (exact) mass is 475 g/mol. The minimum Gasteiger partial charge on any atom is -0.349 e. The molecule has 184 valence electrons. The van der Waals surface area contributed by atoms with Gasteiger partial charge in [-0.05, 0) is 37.5 Å². The number of carbonyl (C=O) groups is 1. The van der Waals surface area contributed by atoms with E-state index in [1.54, 1.807) is 11.5 Å². The first-order chi connectivity index (χ1) is 16.1. The van der Waals surface area contributed by atoms with Gasteiger partial charge in [-0.25, -0.2) is 18.6 Å². The highest BCUT2D eigenvalue weighted by atomic mass is 19.1. The molecule has 1 atom stereocenters. The summed E-state index contributed by atoms with van der Waals surface area (Å²) in [5, 5.41) is 2.68. The highest BCUT2D eigenvalue weighted by Gasteiger charge is 2.21. The van der Waals surface area contributed by atoms with Crippen molar-refractivity contribution in [2.75, 3.05) is 0 Å². The van der Waals surface area contributed by atoms with Gasteiger partial charge >= 0.3 is 5.69 Å². The second kappa shape index (κ2) is 10.8. The lowest BCUT2D eigenvalue weighted by atomic mass is 10.1. The Balaban J connectivity index is 1.87. The van der Waals surface area contributed by atoms with Crippen molar-refractivity contribution in [2.24, 2.45) is 5.92 Å². The highest BCUT2D eigenvalue weighted by molar-refractivity contribution is 5.77. The number of aryl methyl sites for hydroxylation is 2. The van der Waals surface area contributed by atoms with Crippen LogP contribution in [0, 0.1) is 17.6 Å². The van der Waals surface area contributed by atoms with E-state index in [2.05, 4.69) is 15.3 Å². The van der Waals surface area contributed by atoms with Crippen LogP contribution in [-0.4, -0.2) is 25.0 Å². The number of rotatable bonds is 10. The summed E-state index contributed by atoms with van der Waals surface area (Å²) in [6.07, 6.45) is 1.87. The Morgan fingerprint density at radius 2 is 1.91 bits per heavy atom. The highest BCUT2D eigenvalue weighted by Crippen LogP contribution is 2.19. The van der Waals surface area contributed by atoms with Gasteiger partial charge in [-0.15, -0.1) is 0 Å². The van der Waals surface area contributed by atoms with Gasteiger partial charge in [0, 0.05) is 31.5 Å². The van der Waals surface area contributed by atoms with Crippen LogP contribution in [0.2, 0.25) is 0 Å². The van der Waals surface area contributed by atoms with Gasteiger partial charge in [0.1, 0.15) is 17.5 Å². The fourth-order valence-corrected chi connectivity index (χ4v) is 3.96. The molecule has 1 amide bonds. The molecule has 8 nitrogen and oxygen atoms in total. The number of fused-ring (bicyclic) bond motifs is 1. The number of nitrogens with zero attached hydrogens (tertiary/aromatic N) is 3. The second-order valence-corrected chi connectivity index (χ2v) is 8.92. The number of halogens is 2. The maximum Gasteiger partial charge on any atom is 0.330 e. The number of benzene rings is 1. The number of amides is 1. The van der Waals surface area contributed by atoms with Crippen molar-refractivity contribution >= 4 is 17.1 Å². The number of nitrogens with one attached hydrogen (secondary N) is 2. The van der Waals surface area contributed by atoms with E-state index < -0.39 is 28.9 Å². The number of hydrogen-bond acceptors (Lipinski definition) is 4. The van der Waals surface area contributed by atoms with E-state index in [1.165, 1.54) is 4.57 Å². The summed E-state index contributed by atoms with van der Waals surface area (Å²) < 4.78 is 30.7. The molecule has 3 aromatic rings. The van der Waals surface area contributed by atoms with Crippen LogP contribution in [0.15, 0.2) is 27.8 Å². The third kappa shape index (κ3) is 5.60. The summed E-state index contributed by atoms with van der Waals surface area (Å²) in [5.41, 5.74) is -0.322. The quantitative estimate of drug-likeness (QED) is 0.469. The summed E-state index contributed by atoms with van der Waals surface area (Å²) in [6.45, 7) is 8.50. The Bertz CT molecular complexity index is 1290. The van der Waals surface area contributed by atoms with E-state index in [-0.39, 0.29) is 30.2 Å². The molecule has 0 aliphatic rings. The standard InChI is InChI=1S/C24H31F2N5O3/c1-5-6-11-30-22-21(23(33)29-24(30)34)31(13-14(2)3)19(28-22)9-10-20(32)27-15(4)17-12-16(25)7-8-18(17)26/h7-8,12,14-15H,5-6,9-11,13H2,1-4H3,(H,27,32)(H,29,33,34). The van der Waals surface area contributed by atoms with E-state index >= 15 is 0 Å². The van der Waals surface area contributed by atoms with Crippen LogP contribution >= 0.6 is 0 Å². The van der Waals surface area contributed by atoms with Gasteiger partial charge in [0.05, 0.1) is 6.04 Å². The van der Waals surface area contributed by atoms with E-state index in [4.69, 9.17) is 0 Å². The zero-order valence-electron chi connectivity index (χ0n) is 20.0. The van der Waals surface area contributed by atoms with E-state index in [1.807, 2.05) is 20.8 Å². The van der Waals surface area contributed by atoms with Crippen LogP contribution in [0.1, 0.15) is 64.4 Å². The fraction of sp³-hybridized carbons (Fsp3) is 0.500. The predicted octanol–water partition coefficient (Wildman–Crippen LogP) is 3.43. The van der Waals surface area contributed by atoms with E-state index in [0.717, 1.165) is 31.0 Å². The molecule has 1 unspecified atom stereocenters. The number of unbranched alkanes of at least 4 members (excludes halogenated alkanes) is 1. The van der Waals surface area contributed by atoms with Crippen LogP contribution in [0.3, 0.4) is 0 Å². The topological polar surface area (TPSA) is 102 Å². The summed E-state index contributed by atoms with van der Waals surface area (Å²) in [5.74, 6) is -0.839. The Labute approximate surface area is 196 Å². The number of hydrogen-bond donors (Lipinski definition) is 2. The SMILES string of the molecule is CCCCn1c(=O)[nH]c(=O)c2c1nc(CCC(=O)NC(C)c1cc(F)ccc1F)n2CC(C)C. The van der Waals surface area contributed by atoms with Crippen molar-refractivity contribution in [1.29, 1.82) is 0 Å². The Kier molecular flexibility index (Phi) is 8.01. The second-order valence-electron chi connectivity index (χ2n) is 8.92. The molecule has 0 spiro atoms. The first-order valence-electron chi connectivity index (χ1n) is 11.6. The molecular formula is C24H31F2N5O3. The number of aromatic nitrogens is 4. The zero-order valence-corrected chi connectivity index (χ0v) is 20.0. The lowest BCUT2D eigenvalue weighted by Crippen LogP contribution is -2.31. The summed E-state index contributed by atoms with van der Waals surface area (Å²) in [6, 6.07) is 2.38. The van der Waals surface area contributed by atoms with Crippen molar-refractivity contribution in [3.63, 3.8) is 0 Å². The van der Waals surface area contributed by atoms with Crippen LogP contribution in [0.25, 0.3) is 11.2 Å². The van der Waals surface area contributed by atoms with E-state index in [9.17, 15) is 23.2 Å². The summed E-state index contributed by atoms with van der Waals surface area (Å²) in [7, 11) is 0. The molecule has 0 aliphatic carbocycles. The van der Waals surface area contributed by atoms with Crippen molar-refractivity contribution in [3.05, 3.63) is 62.1 Å². The molecule has 2 heterocycles. The van der Waals surface area contributed by atoms with Crippen molar-refractivity contribution in [1.82, 2.24) is 24.4 Å². The van der Waals surface area contributed by atoms with Crippen LogP contribution in [0.4, 0.5) is 8.78 Å². The first-order valence-corrected chi connectivity index (χ1v) is 11.6. The molecule has 0 aliphatic heterocycles. The normalized spacial score (nSPS) is 12.4. The maximum absolute atomic E-state index is 14.0. The van der Waals surface area contributed by atoms with Crippen LogP contribution in [-0.2, 0) is 24.3 Å². The molecule has 0 fully saturated rings. The lowest BCUT2D eigenvalue weighted by molar-refractivity contribution is -0.121. The fourth-order valence-electron chi connectivity index (χ4n) is 3.96. The lowest BCUT2D eigenvalue weighted by Gasteiger charge is -2.15. The molecule has 34 heavy (non-hydrogen) atoms. The minimum absolute atomic E-state index is 0.0276. The smallest absolute Gasteiger partial charge is 0.330 e. The average Bonchev–Trinajstić information content (AvgIpc) is 3.11. The zero-order chi connectivity index (χ0) is 25.0. The van der Waals surface area contributed by atoms with Gasteiger partial charge in [-0.1, -0.05) is 27.2 Å². The van der Waals surface area contributed by atoms with Gasteiger partial charge in [0.25, 0.3) is 5.56 Å². The van der Waals surface area contributed by atoms with Gasteiger partial charge in [-0.3, -0.25) is 19.1 Å². The third-order valence-electron chi connectivity index (χ3n) is 5.63. The van der Waals surface area contributed by atoms with Gasteiger partial charge in [0.2, 0.25) is 5.91 Å². The number of carbonyl (C=O) groups excluding carboxylic acids is 1. The Morgan fingerprint density at radius 1 is 1.18 bits per heavy atom. The molecule has 2 aromatic heterocycles. The first kappa shape index (κ1) is 25.3. The Morgan fingerprint density at radius 3 is 2.59 bits per heavy atom. The number of H-pyrrole nitrogens is 1. The maximum atomic E-state index is 14.0. The van der Waals surface area contributed by atoms with Crippen LogP contribution < -0.4 is 16.6 Å². The Hall–Kier alpha value is -3.30. The van der Waals surface area contributed by atoms with Gasteiger partial charge < -0.3 is 9.88 Å². The predicted molar refractivity (Wildman–Crippen MR) is 126 cm³/mol. The molecule has 0 saturated heterocycles. The van der Waals surface area contributed by atoms with Crippen molar-refractivity contribution in [2.45, 2.75) is 72.5 Å². The van der Waals surface area contributed by atoms with Crippen molar-refractivity contribution in [3.8, 4) is 0 Å². The average molecular weight is 476 g/mol. The van der Waals surface area contributed by atoms with E-state index in [0.29, 0.717) is 30.1 Å². The third-order valence-corrected chi connectivity index (χ3v) is 5.63. The summed E-state index contributed by atoms with van der Waals surface area (Å²) >= 11 is 0. The van der Waals surface area contributed by atoms with Gasteiger partial charge in [0.15, 0.2) is 11.2 Å². The molecule has 0 bridgehead atoms. The largest absolute Gasteiger partial charge is 0.349 e. The van der Waals surface area contributed by atoms with Crippen LogP contribution in [0.5, 0.6) is 0 Å². The molecule has 0 saturated carbocycles. The molecule has 10 heteroatoms. The minimum atomic E-state index is -0.722. The molecule has 3 rings (SSSR count). The summed E-state index contributed by atoms with van der Waals surface area (Å²) in [4.78, 5) is 44.6. The molecule has 2 N–H and O–H groups in total. The number of aromatic amines is 1.